The Balaban J connectivity index is 2.49. The molecule has 0 aliphatic heterocycles. The Hall–Kier alpha value is -1.15. The van der Waals surface area contributed by atoms with Crippen molar-refractivity contribution in [3.63, 3.8) is 0 Å². The lowest BCUT2D eigenvalue weighted by Crippen LogP contribution is -1.79. The third-order valence-electron chi connectivity index (χ3n) is 1.90. The highest BCUT2D eigenvalue weighted by molar-refractivity contribution is 9.10. The molecule has 2 rings (SSSR count). The average molecular weight is 250 g/mol. The second-order valence-corrected chi connectivity index (χ2v) is 3.85. The predicted octanol–water partition coefficient (Wildman–Crippen LogP) is 4.06. The van der Waals surface area contributed by atoms with Gasteiger partial charge < -0.3 is 0 Å². The van der Waals surface area contributed by atoms with Gasteiger partial charge in [0, 0.05) is 4.47 Å². The molecule has 0 N–H and O–H groups in total. The SMILES string of the molecule is Fc1cc[c]c(-c2cccc(Br)c2)c1. The molecular weight excluding hydrogens is 243 g/mol. The Morgan fingerprint density at radius 2 is 2.00 bits per heavy atom. The average Bonchev–Trinajstić information content (AvgIpc) is 2.18. The van der Waals surface area contributed by atoms with Gasteiger partial charge in [-0.2, -0.15) is 0 Å². The summed E-state index contributed by atoms with van der Waals surface area (Å²) in [6.45, 7) is 0. The summed E-state index contributed by atoms with van der Waals surface area (Å²) in [7, 11) is 0. The van der Waals surface area contributed by atoms with Gasteiger partial charge in [0.1, 0.15) is 5.82 Å². The van der Waals surface area contributed by atoms with Gasteiger partial charge in [0.15, 0.2) is 0 Å². The molecule has 0 aliphatic carbocycles. The van der Waals surface area contributed by atoms with Gasteiger partial charge in [-0.25, -0.2) is 4.39 Å². The van der Waals surface area contributed by atoms with Crippen LogP contribution < -0.4 is 0 Å². The predicted molar refractivity (Wildman–Crippen MR) is 58.4 cm³/mol. The van der Waals surface area contributed by atoms with Gasteiger partial charge in [-0.3, -0.25) is 0 Å². The number of rotatable bonds is 1. The molecular formula is C12H7BrF. The van der Waals surface area contributed by atoms with E-state index in [1.54, 1.807) is 6.07 Å². The van der Waals surface area contributed by atoms with Crippen molar-refractivity contribution in [1.82, 2.24) is 0 Å². The number of hydrogen-bond donors (Lipinski definition) is 0. The molecule has 0 amide bonds. The van der Waals surface area contributed by atoms with Crippen LogP contribution in [0.3, 0.4) is 0 Å². The van der Waals surface area contributed by atoms with Crippen LogP contribution in [-0.2, 0) is 0 Å². The smallest absolute Gasteiger partial charge is 0.123 e. The van der Waals surface area contributed by atoms with Crippen LogP contribution in [0.1, 0.15) is 0 Å². The Kier molecular flexibility index (Phi) is 2.64. The Morgan fingerprint density at radius 3 is 2.71 bits per heavy atom. The molecule has 0 spiro atoms. The van der Waals surface area contributed by atoms with E-state index < -0.39 is 0 Å². The molecule has 0 nitrogen and oxygen atoms in total. The molecule has 0 bridgehead atoms. The second-order valence-electron chi connectivity index (χ2n) is 2.93. The van der Waals surface area contributed by atoms with E-state index in [-0.39, 0.29) is 5.82 Å². The number of halogens is 2. The standard InChI is InChI=1S/C12H7BrF/c13-11-5-1-3-9(7-11)10-4-2-6-12(14)8-10/h1-3,5-8H. The summed E-state index contributed by atoms with van der Waals surface area (Å²) in [6.07, 6.45) is 0. The molecule has 0 saturated heterocycles. The molecule has 2 heteroatoms. The maximum atomic E-state index is 12.9. The van der Waals surface area contributed by atoms with Crippen molar-refractivity contribution in [3.05, 3.63) is 58.8 Å². The maximum Gasteiger partial charge on any atom is 0.123 e. The fourth-order valence-electron chi connectivity index (χ4n) is 1.26. The molecule has 0 atom stereocenters. The van der Waals surface area contributed by atoms with Crippen molar-refractivity contribution in [2.24, 2.45) is 0 Å². The Bertz CT molecular complexity index is 408. The summed E-state index contributed by atoms with van der Waals surface area (Å²) in [5, 5.41) is 0. The molecule has 14 heavy (non-hydrogen) atoms. The normalized spacial score (nSPS) is 10.1. The maximum absolute atomic E-state index is 12.9. The first-order chi connectivity index (χ1) is 6.75. The fraction of sp³-hybridized carbons (Fsp3) is 0. The van der Waals surface area contributed by atoms with Crippen LogP contribution in [0, 0.1) is 11.9 Å². The minimum Gasteiger partial charge on any atom is -0.207 e. The number of hydrogen-bond acceptors (Lipinski definition) is 0. The van der Waals surface area contributed by atoms with Crippen LogP contribution in [0.5, 0.6) is 0 Å². The van der Waals surface area contributed by atoms with Crippen molar-refractivity contribution in [1.29, 1.82) is 0 Å². The van der Waals surface area contributed by atoms with Gasteiger partial charge in [-0.1, -0.05) is 34.1 Å². The quantitative estimate of drug-likeness (QED) is 0.716. The minimum atomic E-state index is -0.237. The van der Waals surface area contributed by atoms with Crippen LogP contribution >= 0.6 is 15.9 Å². The second kappa shape index (κ2) is 3.93. The van der Waals surface area contributed by atoms with E-state index in [4.69, 9.17) is 0 Å². The minimum absolute atomic E-state index is 0.237. The van der Waals surface area contributed by atoms with Gasteiger partial charge >= 0.3 is 0 Å². The lowest BCUT2D eigenvalue weighted by Gasteiger charge is -2.01. The first kappa shape index (κ1) is 9.41. The zero-order chi connectivity index (χ0) is 9.97. The van der Waals surface area contributed by atoms with E-state index >= 15 is 0 Å². The van der Waals surface area contributed by atoms with Gasteiger partial charge in [0.25, 0.3) is 0 Å². The first-order valence-electron chi connectivity index (χ1n) is 4.19. The van der Waals surface area contributed by atoms with Crippen LogP contribution in [0.2, 0.25) is 0 Å². The zero-order valence-electron chi connectivity index (χ0n) is 7.30. The third kappa shape index (κ3) is 2.02. The van der Waals surface area contributed by atoms with Crippen molar-refractivity contribution < 1.29 is 4.39 Å². The van der Waals surface area contributed by atoms with Gasteiger partial charge in [0.2, 0.25) is 0 Å². The summed E-state index contributed by atoms with van der Waals surface area (Å²) >= 11 is 3.37. The monoisotopic (exact) mass is 249 g/mol. The summed E-state index contributed by atoms with van der Waals surface area (Å²) in [5.41, 5.74) is 1.73. The molecule has 1 radical (unpaired) electrons. The van der Waals surface area contributed by atoms with Crippen LogP contribution in [-0.4, -0.2) is 0 Å². The lowest BCUT2D eigenvalue weighted by atomic mass is 10.1. The summed E-state index contributed by atoms with van der Waals surface area (Å²) in [6, 6.07) is 15.2. The Morgan fingerprint density at radius 1 is 1.14 bits per heavy atom. The fourth-order valence-corrected chi connectivity index (χ4v) is 1.66. The molecule has 2 aromatic carbocycles. The molecule has 0 aromatic heterocycles. The largest absolute Gasteiger partial charge is 0.207 e. The van der Waals surface area contributed by atoms with Crippen molar-refractivity contribution in [2.45, 2.75) is 0 Å². The highest BCUT2D eigenvalue weighted by atomic mass is 79.9. The van der Waals surface area contributed by atoms with Crippen LogP contribution in [0.4, 0.5) is 4.39 Å². The van der Waals surface area contributed by atoms with Gasteiger partial charge in [0.05, 0.1) is 0 Å². The van der Waals surface area contributed by atoms with E-state index in [1.165, 1.54) is 12.1 Å². The molecule has 69 valence electrons. The summed E-state index contributed by atoms with van der Waals surface area (Å²) < 4.78 is 13.9. The van der Waals surface area contributed by atoms with Crippen molar-refractivity contribution in [2.75, 3.05) is 0 Å². The molecule has 0 heterocycles. The molecule has 2 aromatic rings. The molecule has 0 saturated carbocycles. The van der Waals surface area contributed by atoms with Crippen LogP contribution in [0.25, 0.3) is 11.1 Å². The summed E-state index contributed by atoms with van der Waals surface area (Å²) in [4.78, 5) is 0. The molecule has 0 unspecified atom stereocenters. The van der Waals surface area contributed by atoms with E-state index in [9.17, 15) is 4.39 Å². The molecule has 0 aliphatic rings. The highest BCUT2D eigenvalue weighted by Crippen LogP contribution is 2.22. The van der Waals surface area contributed by atoms with E-state index in [0.717, 1.165) is 15.6 Å². The van der Waals surface area contributed by atoms with E-state index in [0.29, 0.717) is 0 Å². The first-order valence-corrected chi connectivity index (χ1v) is 4.98. The Labute approximate surface area is 90.5 Å². The zero-order valence-corrected chi connectivity index (χ0v) is 8.88. The van der Waals surface area contributed by atoms with Crippen molar-refractivity contribution >= 4 is 15.9 Å². The third-order valence-corrected chi connectivity index (χ3v) is 2.39. The molecule has 0 fully saturated rings. The van der Waals surface area contributed by atoms with Gasteiger partial charge in [-0.05, 0) is 41.5 Å². The van der Waals surface area contributed by atoms with Crippen molar-refractivity contribution in [3.8, 4) is 11.1 Å². The van der Waals surface area contributed by atoms with Crippen LogP contribution in [0.15, 0.2) is 46.9 Å². The van der Waals surface area contributed by atoms with E-state index in [2.05, 4.69) is 22.0 Å². The summed E-state index contributed by atoms with van der Waals surface area (Å²) in [5.74, 6) is -0.237. The highest BCUT2D eigenvalue weighted by Gasteiger charge is 1.99. The van der Waals surface area contributed by atoms with Gasteiger partial charge in [-0.15, -0.1) is 0 Å². The van der Waals surface area contributed by atoms with E-state index in [1.807, 2.05) is 24.3 Å². The number of benzene rings is 2. The lowest BCUT2D eigenvalue weighted by molar-refractivity contribution is 0.628. The topological polar surface area (TPSA) is 0 Å².